The largest absolute Gasteiger partial charge is 0.367 e. The summed E-state index contributed by atoms with van der Waals surface area (Å²) in [5.41, 5.74) is 1.08. The summed E-state index contributed by atoms with van der Waals surface area (Å²) < 4.78 is 0. The number of hydrogen-bond acceptors (Lipinski definition) is 3. The minimum atomic E-state index is 0.622. The summed E-state index contributed by atoms with van der Waals surface area (Å²) in [6, 6.07) is 6.77. The number of rotatable bonds is 3. The highest BCUT2D eigenvalue weighted by atomic mass is 32.2. The second-order valence-electron chi connectivity index (χ2n) is 4.18. The number of aromatic nitrogens is 1. The Kier molecular flexibility index (Phi) is 3.52. The summed E-state index contributed by atoms with van der Waals surface area (Å²) in [5, 5.41) is 4.36. The first-order valence-corrected chi connectivity index (χ1v) is 6.79. The molecular formula is C12H18N2S. The normalized spacial score (nSPS) is 25.5. The fourth-order valence-corrected chi connectivity index (χ4v) is 2.91. The van der Waals surface area contributed by atoms with Gasteiger partial charge in [-0.25, -0.2) is 4.98 Å². The van der Waals surface area contributed by atoms with Crippen LogP contribution in [0.15, 0.2) is 18.2 Å². The third-order valence-electron chi connectivity index (χ3n) is 2.96. The molecule has 1 saturated carbocycles. The maximum atomic E-state index is 4.47. The first-order chi connectivity index (χ1) is 7.28. The Balaban J connectivity index is 1.92. The molecule has 2 atom stereocenters. The molecule has 82 valence electrons. The Bertz CT molecular complexity index is 327. The van der Waals surface area contributed by atoms with Crippen molar-refractivity contribution in [1.29, 1.82) is 0 Å². The van der Waals surface area contributed by atoms with Gasteiger partial charge in [0.25, 0.3) is 0 Å². The monoisotopic (exact) mass is 222 g/mol. The van der Waals surface area contributed by atoms with E-state index in [1.165, 1.54) is 19.3 Å². The van der Waals surface area contributed by atoms with Crippen LogP contribution in [0.3, 0.4) is 0 Å². The maximum absolute atomic E-state index is 4.47. The molecule has 1 aliphatic rings. The zero-order chi connectivity index (χ0) is 10.7. The van der Waals surface area contributed by atoms with Crippen molar-refractivity contribution in [3.8, 4) is 0 Å². The van der Waals surface area contributed by atoms with E-state index >= 15 is 0 Å². The van der Waals surface area contributed by atoms with Crippen molar-refractivity contribution < 1.29 is 0 Å². The molecule has 1 aromatic heterocycles. The molecule has 0 aliphatic heterocycles. The Hall–Kier alpha value is -0.700. The van der Waals surface area contributed by atoms with Crippen LogP contribution in [-0.4, -0.2) is 22.5 Å². The molecule has 0 bridgehead atoms. The Labute approximate surface area is 95.9 Å². The van der Waals surface area contributed by atoms with Gasteiger partial charge < -0.3 is 5.32 Å². The highest BCUT2D eigenvalue weighted by Gasteiger charge is 2.23. The van der Waals surface area contributed by atoms with E-state index in [2.05, 4.69) is 28.7 Å². The molecule has 0 aromatic carbocycles. The minimum Gasteiger partial charge on any atom is -0.367 e. The molecule has 2 rings (SSSR count). The van der Waals surface area contributed by atoms with Gasteiger partial charge in [-0.1, -0.05) is 6.07 Å². The van der Waals surface area contributed by atoms with E-state index in [1.54, 1.807) is 0 Å². The average Bonchev–Trinajstić information content (AvgIpc) is 2.65. The number of thioether (sulfide) groups is 1. The summed E-state index contributed by atoms with van der Waals surface area (Å²) in [6.07, 6.45) is 6.10. The molecule has 0 radical (unpaired) electrons. The molecule has 1 N–H and O–H groups in total. The number of pyridine rings is 1. The van der Waals surface area contributed by atoms with Gasteiger partial charge in [0.15, 0.2) is 0 Å². The van der Waals surface area contributed by atoms with Crippen LogP contribution in [-0.2, 0) is 0 Å². The first kappa shape index (κ1) is 10.8. The fourth-order valence-electron chi connectivity index (χ4n) is 2.12. The lowest BCUT2D eigenvalue weighted by Gasteiger charge is -2.13. The molecule has 2 nitrogen and oxygen atoms in total. The van der Waals surface area contributed by atoms with Crippen molar-refractivity contribution in [3.63, 3.8) is 0 Å². The average molecular weight is 222 g/mol. The number of nitrogens with one attached hydrogen (secondary N) is 1. The van der Waals surface area contributed by atoms with Gasteiger partial charge in [0.05, 0.1) is 0 Å². The molecule has 1 fully saturated rings. The first-order valence-electron chi connectivity index (χ1n) is 5.51. The van der Waals surface area contributed by atoms with Crippen LogP contribution in [0.4, 0.5) is 5.82 Å². The quantitative estimate of drug-likeness (QED) is 0.850. The highest BCUT2D eigenvalue weighted by Crippen LogP contribution is 2.29. The predicted molar refractivity (Wildman–Crippen MR) is 67.5 cm³/mol. The van der Waals surface area contributed by atoms with E-state index in [9.17, 15) is 0 Å². The standard InChI is InChI=1S/C12H18N2S/c1-9-4-3-5-12(13-9)14-10-6-7-11(8-10)15-2/h3-5,10-11H,6-8H2,1-2H3,(H,13,14)/t10-,11+/m1/s1. The zero-order valence-corrected chi connectivity index (χ0v) is 10.2. The van der Waals surface area contributed by atoms with Gasteiger partial charge in [-0.15, -0.1) is 0 Å². The van der Waals surface area contributed by atoms with Gasteiger partial charge in [-0.2, -0.15) is 11.8 Å². The number of nitrogens with zero attached hydrogens (tertiary/aromatic N) is 1. The van der Waals surface area contributed by atoms with Crippen molar-refractivity contribution in [1.82, 2.24) is 4.98 Å². The van der Waals surface area contributed by atoms with Crippen molar-refractivity contribution in [2.24, 2.45) is 0 Å². The number of aryl methyl sites for hydroxylation is 1. The summed E-state index contributed by atoms with van der Waals surface area (Å²) in [4.78, 5) is 4.47. The van der Waals surface area contributed by atoms with Crippen molar-refractivity contribution in [3.05, 3.63) is 23.9 Å². The topological polar surface area (TPSA) is 24.9 Å². The summed E-state index contributed by atoms with van der Waals surface area (Å²) >= 11 is 1.99. The number of anilines is 1. The van der Waals surface area contributed by atoms with Crippen LogP contribution in [0.25, 0.3) is 0 Å². The van der Waals surface area contributed by atoms with E-state index in [0.717, 1.165) is 16.8 Å². The van der Waals surface area contributed by atoms with Crippen LogP contribution >= 0.6 is 11.8 Å². The van der Waals surface area contributed by atoms with Crippen LogP contribution in [0.2, 0.25) is 0 Å². The lowest BCUT2D eigenvalue weighted by atomic mass is 10.2. The van der Waals surface area contributed by atoms with Gasteiger partial charge in [0, 0.05) is 17.0 Å². The number of hydrogen-bond donors (Lipinski definition) is 1. The zero-order valence-electron chi connectivity index (χ0n) is 9.36. The molecule has 0 amide bonds. The lowest BCUT2D eigenvalue weighted by molar-refractivity contribution is 0.751. The van der Waals surface area contributed by atoms with Crippen molar-refractivity contribution >= 4 is 17.6 Å². The van der Waals surface area contributed by atoms with Crippen molar-refractivity contribution in [2.45, 2.75) is 37.5 Å². The summed E-state index contributed by atoms with van der Waals surface area (Å²) in [5.74, 6) is 1.03. The van der Waals surface area contributed by atoms with E-state index < -0.39 is 0 Å². The van der Waals surface area contributed by atoms with E-state index in [1.807, 2.05) is 24.8 Å². The van der Waals surface area contributed by atoms with Crippen molar-refractivity contribution in [2.75, 3.05) is 11.6 Å². The maximum Gasteiger partial charge on any atom is 0.126 e. The van der Waals surface area contributed by atoms with Gasteiger partial charge in [0.1, 0.15) is 5.82 Å². The summed E-state index contributed by atoms with van der Waals surface area (Å²) in [7, 11) is 0. The molecule has 3 heteroatoms. The molecule has 0 saturated heterocycles. The van der Waals surface area contributed by atoms with Gasteiger partial charge >= 0.3 is 0 Å². The van der Waals surface area contributed by atoms with E-state index in [0.29, 0.717) is 6.04 Å². The molecule has 15 heavy (non-hydrogen) atoms. The van der Waals surface area contributed by atoms with Gasteiger partial charge in [-0.05, 0) is 44.6 Å². The van der Waals surface area contributed by atoms with Gasteiger partial charge in [0.2, 0.25) is 0 Å². The fraction of sp³-hybridized carbons (Fsp3) is 0.583. The molecule has 0 spiro atoms. The molecule has 0 unspecified atom stereocenters. The second-order valence-corrected chi connectivity index (χ2v) is 5.31. The van der Waals surface area contributed by atoms with E-state index in [-0.39, 0.29) is 0 Å². The second kappa shape index (κ2) is 4.88. The van der Waals surface area contributed by atoms with Crippen LogP contribution in [0.1, 0.15) is 25.0 Å². The third kappa shape index (κ3) is 2.88. The van der Waals surface area contributed by atoms with Crippen LogP contribution in [0, 0.1) is 6.92 Å². The Morgan fingerprint density at radius 1 is 1.40 bits per heavy atom. The SMILES string of the molecule is CS[C@H]1CC[C@@H](Nc2cccc(C)n2)C1. The van der Waals surface area contributed by atoms with Gasteiger partial charge in [-0.3, -0.25) is 0 Å². The van der Waals surface area contributed by atoms with E-state index in [4.69, 9.17) is 0 Å². The third-order valence-corrected chi connectivity index (χ3v) is 4.05. The molecule has 1 aliphatic carbocycles. The highest BCUT2D eigenvalue weighted by molar-refractivity contribution is 7.99. The molecule has 1 aromatic rings. The molecule has 1 heterocycles. The van der Waals surface area contributed by atoms with Crippen LogP contribution < -0.4 is 5.32 Å². The lowest BCUT2D eigenvalue weighted by Crippen LogP contribution is -2.16. The smallest absolute Gasteiger partial charge is 0.126 e. The Morgan fingerprint density at radius 2 is 2.27 bits per heavy atom. The predicted octanol–water partition coefficient (Wildman–Crippen LogP) is 3.09. The Morgan fingerprint density at radius 3 is 2.93 bits per heavy atom. The minimum absolute atomic E-state index is 0.622. The van der Waals surface area contributed by atoms with Crippen LogP contribution in [0.5, 0.6) is 0 Å². The summed E-state index contributed by atoms with van der Waals surface area (Å²) in [6.45, 7) is 2.03. The molecular weight excluding hydrogens is 204 g/mol.